The predicted molar refractivity (Wildman–Crippen MR) is 129 cm³/mol. The number of anilines is 2. The first-order valence-electron chi connectivity index (χ1n) is 10.2. The first kappa shape index (κ1) is 22.2. The Labute approximate surface area is 197 Å². The van der Waals surface area contributed by atoms with E-state index in [4.69, 9.17) is 0 Å². The monoisotopic (exact) mass is 513 g/mol. The summed E-state index contributed by atoms with van der Waals surface area (Å²) in [5, 5.41) is 17.2. The number of rotatable bonds is 5. The lowest BCUT2D eigenvalue weighted by Gasteiger charge is -2.10. The Morgan fingerprint density at radius 2 is 1.59 bits per heavy atom. The number of nitro benzene ring substituents is 1. The number of nitrogens with zero attached hydrogens (tertiary/aromatic N) is 1. The average molecular weight is 514 g/mol. The minimum absolute atomic E-state index is 0.0843. The zero-order chi connectivity index (χ0) is 22.7. The highest BCUT2D eigenvalue weighted by atomic mass is 79.9. The third kappa shape index (κ3) is 4.89. The van der Waals surface area contributed by atoms with Crippen molar-refractivity contribution >= 4 is 55.5 Å². The fraction of sp³-hybridized carbons (Fsp3) is 0.217. The number of nitrogens with one attached hydrogen (secondary N) is 2. The Morgan fingerprint density at radius 1 is 0.906 bits per heavy atom. The topological polar surface area (TPSA) is 101 Å². The molecule has 0 bridgehead atoms. The van der Waals surface area contributed by atoms with E-state index in [0.717, 1.165) is 47.0 Å². The molecule has 0 aliphatic heterocycles. The van der Waals surface area contributed by atoms with Gasteiger partial charge in [-0.25, -0.2) is 0 Å². The number of nitro groups is 1. The van der Waals surface area contributed by atoms with Gasteiger partial charge in [0.2, 0.25) is 0 Å². The molecule has 2 amide bonds. The molecule has 2 aromatic carbocycles. The van der Waals surface area contributed by atoms with E-state index in [1.54, 1.807) is 0 Å². The summed E-state index contributed by atoms with van der Waals surface area (Å²) in [5.41, 5.74) is 2.38. The van der Waals surface area contributed by atoms with Crippen LogP contribution in [0.5, 0.6) is 0 Å². The number of non-ortho nitro benzene ring substituents is 1. The molecule has 1 aliphatic carbocycles. The molecule has 0 unspecified atom stereocenters. The lowest BCUT2D eigenvalue weighted by Crippen LogP contribution is -2.18. The molecule has 32 heavy (non-hydrogen) atoms. The van der Waals surface area contributed by atoms with Crippen LogP contribution in [0, 0.1) is 10.1 Å². The van der Waals surface area contributed by atoms with Gasteiger partial charge in [0, 0.05) is 32.7 Å². The van der Waals surface area contributed by atoms with Crippen molar-refractivity contribution in [2.24, 2.45) is 0 Å². The molecule has 1 aliphatic rings. The molecule has 3 aromatic rings. The van der Waals surface area contributed by atoms with Gasteiger partial charge >= 0.3 is 0 Å². The van der Waals surface area contributed by atoms with Crippen LogP contribution >= 0.6 is 27.3 Å². The molecule has 2 N–H and O–H groups in total. The van der Waals surface area contributed by atoms with Gasteiger partial charge in [-0.2, -0.15) is 0 Å². The summed E-state index contributed by atoms with van der Waals surface area (Å²) in [6, 6.07) is 12.7. The van der Waals surface area contributed by atoms with Crippen LogP contribution < -0.4 is 10.6 Å². The Balaban J connectivity index is 1.63. The molecule has 0 radical (unpaired) electrons. The van der Waals surface area contributed by atoms with Crippen LogP contribution in [-0.4, -0.2) is 16.7 Å². The van der Waals surface area contributed by atoms with Crippen molar-refractivity contribution in [1.82, 2.24) is 0 Å². The quantitative estimate of drug-likeness (QED) is 0.241. The van der Waals surface area contributed by atoms with Crippen LogP contribution in [0.1, 0.15) is 50.4 Å². The van der Waals surface area contributed by atoms with Gasteiger partial charge in [0.25, 0.3) is 17.5 Å². The number of amides is 2. The summed E-state index contributed by atoms with van der Waals surface area (Å²) >= 11 is 4.82. The predicted octanol–water partition coefficient (Wildman–Crippen LogP) is 6.19. The summed E-state index contributed by atoms with van der Waals surface area (Å²) < 4.78 is 0.913. The van der Waals surface area contributed by atoms with Crippen molar-refractivity contribution in [3.8, 4) is 0 Å². The van der Waals surface area contributed by atoms with Crippen LogP contribution in [-0.2, 0) is 12.8 Å². The lowest BCUT2D eigenvalue weighted by atomic mass is 10.0. The Morgan fingerprint density at radius 3 is 2.28 bits per heavy atom. The highest BCUT2D eigenvalue weighted by Crippen LogP contribution is 2.38. The second-order valence-electron chi connectivity index (χ2n) is 7.49. The molecule has 1 aromatic heterocycles. The van der Waals surface area contributed by atoms with Crippen LogP contribution in [0.4, 0.5) is 16.4 Å². The molecule has 0 saturated heterocycles. The van der Waals surface area contributed by atoms with E-state index in [2.05, 4.69) is 26.6 Å². The highest BCUT2D eigenvalue weighted by Gasteiger charge is 2.26. The second-order valence-corrected chi connectivity index (χ2v) is 9.51. The fourth-order valence-corrected chi connectivity index (χ4v) is 5.25. The zero-order valence-corrected chi connectivity index (χ0v) is 19.4. The maximum atomic E-state index is 13.3. The molecule has 4 rings (SSSR count). The van der Waals surface area contributed by atoms with Gasteiger partial charge in [-0.3, -0.25) is 19.7 Å². The maximum Gasteiger partial charge on any atom is 0.269 e. The first-order chi connectivity index (χ1) is 15.4. The molecule has 9 heteroatoms. The summed E-state index contributed by atoms with van der Waals surface area (Å²) in [4.78, 5) is 37.6. The van der Waals surface area contributed by atoms with Crippen LogP contribution in [0.3, 0.4) is 0 Å². The largest absolute Gasteiger partial charge is 0.322 e. The summed E-state index contributed by atoms with van der Waals surface area (Å²) in [5.74, 6) is -0.667. The highest BCUT2D eigenvalue weighted by molar-refractivity contribution is 9.10. The number of aryl methyl sites for hydroxylation is 1. The van der Waals surface area contributed by atoms with Crippen molar-refractivity contribution in [3.63, 3.8) is 0 Å². The van der Waals surface area contributed by atoms with Gasteiger partial charge in [0.1, 0.15) is 5.00 Å². The van der Waals surface area contributed by atoms with E-state index in [9.17, 15) is 19.7 Å². The number of hydrogen-bond acceptors (Lipinski definition) is 5. The van der Waals surface area contributed by atoms with Crippen molar-refractivity contribution in [2.45, 2.75) is 32.1 Å². The van der Waals surface area contributed by atoms with Crippen LogP contribution in [0.25, 0.3) is 0 Å². The Bertz CT molecular complexity index is 1170. The number of carbonyl (C=O) groups excluding carboxylic acids is 2. The van der Waals surface area contributed by atoms with E-state index >= 15 is 0 Å². The molecule has 0 atom stereocenters. The number of hydrogen-bond donors (Lipinski definition) is 2. The smallest absolute Gasteiger partial charge is 0.269 e. The van der Waals surface area contributed by atoms with Gasteiger partial charge in [-0.1, -0.05) is 22.4 Å². The van der Waals surface area contributed by atoms with E-state index in [-0.39, 0.29) is 11.6 Å². The van der Waals surface area contributed by atoms with Gasteiger partial charge < -0.3 is 10.6 Å². The van der Waals surface area contributed by atoms with Crippen LogP contribution in [0.15, 0.2) is 53.0 Å². The number of benzene rings is 2. The van der Waals surface area contributed by atoms with Crippen molar-refractivity contribution in [1.29, 1.82) is 0 Å². The zero-order valence-electron chi connectivity index (χ0n) is 17.0. The van der Waals surface area contributed by atoms with E-state index in [0.29, 0.717) is 21.8 Å². The van der Waals surface area contributed by atoms with Crippen molar-refractivity contribution in [2.75, 3.05) is 10.6 Å². The first-order valence-corrected chi connectivity index (χ1v) is 11.8. The average Bonchev–Trinajstić information content (AvgIpc) is 2.95. The number of halogens is 1. The third-order valence-electron chi connectivity index (χ3n) is 5.32. The Kier molecular flexibility index (Phi) is 6.66. The van der Waals surface area contributed by atoms with Gasteiger partial charge in [0.15, 0.2) is 0 Å². The molecule has 0 spiro atoms. The second kappa shape index (κ2) is 9.62. The molecular formula is C23H20BrN3O4S. The summed E-state index contributed by atoms with van der Waals surface area (Å²) in [6.45, 7) is 0. The van der Waals surface area contributed by atoms with E-state index in [1.165, 1.54) is 35.6 Å². The summed E-state index contributed by atoms with van der Waals surface area (Å²) in [6.07, 6.45) is 4.84. The van der Waals surface area contributed by atoms with Gasteiger partial charge in [-0.15, -0.1) is 11.3 Å². The normalized spacial score (nSPS) is 13.0. The molecular weight excluding hydrogens is 494 g/mol. The molecule has 1 heterocycles. The number of fused-ring (bicyclic) bond motifs is 1. The maximum absolute atomic E-state index is 13.3. The molecule has 164 valence electrons. The summed E-state index contributed by atoms with van der Waals surface area (Å²) in [7, 11) is 0. The van der Waals surface area contributed by atoms with Crippen molar-refractivity contribution in [3.05, 3.63) is 84.7 Å². The molecule has 7 nitrogen and oxygen atoms in total. The van der Waals surface area contributed by atoms with E-state index in [1.807, 2.05) is 24.3 Å². The van der Waals surface area contributed by atoms with Gasteiger partial charge in [0.05, 0.1) is 10.5 Å². The Hall–Kier alpha value is -3.04. The minimum Gasteiger partial charge on any atom is -0.322 e. The molecule has 0 saturated carbocycles. The molecule has 0 fully saturated rings. The fourth-order valence-electron chi connectivity index (χ4n) is 3.71. The number of carbonyl (C=O) groups is 2. The number of thiophene rings is 1. The van der Waals surface area contributed by atoms with E-state index < -0.39 is 10.8 Å². The standard InChI is InChI=1S/C23H20BrN3O4S/c24-15-8-10-16(11-9-15)25-22(29)20-18-4-2-1-3-5-19(18)32-23(20)26-21(28)14-6-12-17(13-7-14)27(30)31/h6-13H,1-5H2,(H,25,29)(H,26,28). The third-order valence-corrected chi connectivity index (χ3v) is 7.05. The van der Waals surface area contributed by atoms with Gasteiger partial charge in [-0.05, 0) is 67.6 Å². The minimum atomic E-state index is -0.511. The SMILES string of the molecule is O=C(Nc1sc2c(c1C(=O)Nc1ccc(Br)cc1)CCCCC2)c1ccc([N+](=O)[O-])cc1. The van der Waals surface area contributed by atoms with Crippen molar-refractivity contribution < 1.29 is 14.5 Å². The lowest BCUT2D eigenvalue weighted by molar-refractivity contribution is -0.384. The van der Waals surface area contributed by atoms with Crippen LogP contribution in [0.2, 0.25) is 0 Å².